The molecule has 0 bridgehead atoms. The Morgan fingerprint density at radius 3 is 1.97 bits per heavy atom. The number of aromatic nitrogens is 1. The summed E-state index contributed by atoms with van der Waals surface area (Å²) in [4.78, 5) is 37.0. The Morgan fingerprint density at radius 2 is 1.50 bits per heavy atom. The van der Waals surface area contributed by atoms with Crippen molar-refractivity contribution >= 4 is 39.2 Å². The minimum absolute atomic E-state index is 0.00515. The number of hydrogen-bond acceptors (Lipinski definition) is 9. The Balaban J connectivity index is 1.99. The summed E-state index contributed by atoms with van der Waals surface area (Å²) in [6.07, 6.45) is 0. The molecule has 0 saturated carbocycles. The molecule has 3 aromatic rings. The van der Waals surface area contributed by atoms with Crippen LogP contribution in [-0.2, 0) is 24.3 Å². The standard InChI is InChI=1S/C24H25N3O8S/c1-14-6-8-20(9-7-14)27(36(31,32)22-15(2)26-35-16(22)3)13-21(28)25-19-11-17(23(29)33-4)10-18(12-19)24(30)34-5/h6-12H,13H2,1-5H3,(H,25,28). The fraction of sp³-hybridized carbons (Fsp3) is 0.250. The van der Waals surface area contributed by atoms with Crippen LogP contribution >= 0.6 is 0 Å². The number of sulfonamides is 1. The fourth-order valence-electron chi connectivity index (χ4n) is 3.48. The summed E-state index contributed by atoms with van der Waals surface area (Å²) in [6, 6.07) is 10.4. The minimum Gasteiger partial charge on any atom is -0.465 e. The second-order valence-electron chi connectivity index (χ2n) is 7.83. The molecule has 0 aliphatic carbocycles. The summed E-state index contributed by atoms with van der Waals surface area (Å²) in [6.45, 7) is 4.18. The molecule has 0 fully saturated rings. The lowest BCUT2D eigenvalue weighted by molar-refractivity contribution is -0.114. The zero-order valence-corrected chi connectivity index (χ0v) is 21.1. The number of aryl methyl sites for hydroxylation is 3. The highest BCUT2D eigenvalue weighted by Gasteiger charge is 2.33. The number of esters is 2. The molecular weight excluding hydrogens is 490 g/mol. The van der Waals surface area contributed by atoms with Gasteiger partial charge in [-0.2, -0.15) is 0 Å². The Hall–Kier alpha value is -4.19. The molecule has 1 heterocycles. The van der Waals surface area contributed by atoms with Gasteiger partial charge < -0.3 is 19.3 Å². The fourth-order valence-corrected chi connectivity index (χ4v) is 5.20. The van der Waals surface area contributed by atoms with Crippen LogP contribution in [0.15, 0.2) is 51.9 Å². The van der Waals surface area contributed by atoms with Crippen LogP contribution in [-0.4, -0.2) is 52.2 Å². The Bertz CT molecular complexity index is 1360. The van der Waals surface area contributed by atoms with Gasteiger partial charge in [-0.1, -0.05) is 22.9 Å². The summed E-state index contributed by atoms with van der Waals surface area (Å²) in [5.74, 6) is -2.13. The monoisotopic (exact) mass is 515 g/mol. The molecule has 0 unspecified atom stereocenters. The SMILES string of the molecule is COC(=O)c1cc(NC(=O)CN(c2ccc(C)cc2)S(=O)(=O)c2c(C)noc2C)cc(C(=O)OC)c1. The third-order valence-electron chi connectivity index (χ3n) is 5.18. The zero-order valence-electron chi connectivity index (χ0n) is 20.3. The number of nitrogens with zero attached hydrogens (tertiary/aromatic N) is 2. The number of benzene rings is 2. The third-order valence-corrected chi connectivity index (χ3v) is 7.20. The molecule has 2 aromatic carbocycles. The first-order valence-corrected chi connectivity index (χ1v) is 12.1. The number of anilines is 2. The second kappa shape index (κ2) is 10.6. The predicted octanol–water partition coefficient (Wildman–Crippen LogP) is 3.01. The van der Waals surface area contributed by atoms with E-state index in [0.29, 0.717) is 0 Å². The van der Waals surface area contributed by atoms with Gasteiger partial charge in [-0.25, -0.2) is 18.0 Å². The maximum Gasteiger partial charge on any atom is 0.337 e. The summed E-state index contributed by atoms with van der Waals surface area (Å²) < 4.78 is 42.6. The normalized spacial score (nSPS) is 11.0. The van der Waals surface area contributed by atoms with Crippen LogP contribution in [0.4, 0.5) is 11.4 Å². The number of ether oxygens (including phenoxy) is 2. The number of hydrogen-bond donors (Lipinski definition) is 1. The molecule has 1 amide bonds. The first-order chi connectivity index (χ1) is 17.0. The molecule has 190 valence electrons. The quantitative estimate of drug-likeness (QED) is 0.447. The van der Waals surface area contributed by atoms with Crippen molar-refractivity contribution in [2.75, 3.05) is 30.4 Å². The predicted molar refractivity (Wildman–Crippen MR) is 129 cm³/mol. The average Bonchev–Trinajstić information content (AvgIpc) is 3.20. The van der Waals surface area contributed by atoms with E-state index < -0.39 is 34.4 Å². The summed E-state index contributed by atoms with van der Waals surface area (Å²) >= 11 is 0. The third kappa shape index (κ3) is 5.54. The van der Waals surface area contributed by atoms with Gasteiger partial charge in [0.1, 0.15) is 12.2 Å². The molecule has 0 atom stereocenters. The van der Waals surface area contributed by atoms with E-state index in [0.717, 1.165) is 9.87 Å². The molecular formula is C24H25N3O8S. The molecule has 1 N–H and O–H groups in total. The lowest BCUT2D eigenvalue weighted by Gasteiger charge is -2.24. The van der Waals surface area contributed by atoms with E-state index >= 15 is 0 Å². The lowest BCUT2D eigenvalue weighted by Crippen LogP contribution is -2.38. The largest absolute Gasteiger partial charge is 0.465 e. The van der Waals surface area contributed by atoms with Crippen LogP contribution in [0.5, 0.6) is 0 Å². The Labute approximate surface area is 208 Å². The van der Waals surface area contributed by atoms with Gasteiger partial charge in [0, 0.05) is 5.69 Å². The van der Waals surface area contributed by atoms with Crippen molar-refractivity contribution in [1.82, 2.24) is 5.16 Å². The van der Waals surface area contributed by atoms with E-state index in [4.69, 9.17) is 14.0 Å². The number of amides is 1. The van der Waals surface area contributed by atoms with Gasteiger partial charge in [-0.15, -0.1) is 0 Å². The summed E-state index contributed by atoms with van der Waals surface area (Å²) in [7, 11) is -1.91. The topological polar surface area (TPSA) is 145 Å². The van der Waals surface area contributed by atoms with Gasteiger partial charge in [0.25, 0.3) is 10.0 Å². The van der Waals surface area contributed by atoms with Crippen molar-refractivity contribution in [3.63, 3.8) is 0 Å². The Morgan fingerprint density at radius 1 is 0.944 bits per heavy atom. The molecule has 0 radical (unpaired) electrons. The highest BCUT2D eigenvalue weighted by atomic mass is 32.2. The van der Waals surface area contributed by atoms with Gasteiger partial charge in [0.15, 0.2) is 10.7 Å². The van der Waals surface area contributed by atoms with E-state index in [9.17, 15) is 22.8 Å². The van der Waals surface area contributed by atoms with E-state index in [1.54, 1.807) is 24.3 Å². The van der Waals surface area contributed by atoms with Crippen LogP contribution in [0.3, 0.4) is 0 Å². The van der Waals surface area contributed by atoms with E-state index in [-0.39, 0.29) is 38.9 Å². The van der Waals surface area contributed by atoms with Crippen LogP contribution < -0.4 is 9.62 Å². The molecule has 0 saturated heterocycles. The van der Waals surface area contributed by atoms with E-state index in [1.807, 2.05) is 6.92 Å². The number of carbonyl (C=O) groups is 3. The number of rotatable bonds is 8. The first-order valence-electron chi connectivity index (χ1n) is 10.6. The Kier molecular flexibility index (Phi) is 7.78. The molecule has 12 heteroatoms. The first kappa shape index (κ1) is 26.4. The second-order valence-corrected chi connectivity index (χ2v) is 9.63. The van der Waals surface area contributed by atoms with Crippen LogP contribution in [0.1, 0.15) is 37.7 Å². The molecule has 1 aromatic heterocycles. The number of nitrogens with one attached hydrogen (secondary N) is 1. The van der Waals surface area contributed by atoms with Crippen molar-refractivity contribution in [3.8, 4) is 0 Å². The molecule has 0 aliphatic rings. The van der Waals surface area contributed by atoms with Gasteiger partial charge in [0.05, 0.1) is 31.0 Å². The maximum atomic E-state index is 13.6. The lowest BCUT2D eigenvalue weighted by atomic mass is 10.1. The van der Waals surface area contributed by atoms with Crippen molar-refractivity contribution < 1.29 is 36.8 Å². The van der Waals surface area contributed by atoms with E-state index in [1.165, 1.54) is 46.3 Å². The van der Waals surface area contributed by atoms with Crippen LogP contribution in [0.2, 0.25) is 0 Å². The molecule has 36 heavy (non-hydrogen) atoms. The smallest absolute Gasteiger partial charge is 0.337 e. The molecule has 0 spiro atoms. The number of carbonyl (C=O) groups excluding carboxylic acids is 3. The van der Waals surface area contributed by atoms with Gasteiger partial charge in [0.2, 0.25) is 5.91 Å². The van der Waals surface area contributed by atoms with Gasteiger partial charge in [-0.05, 0) is 51.1 Å². The van der Waals surface area contributed by atoms with Crippen molar-refractivity contribution in [2.45, 2.75) is 25.7 Å². The minimum atomic E-state index is -4.26. The molecule has 0 aliphatic heterocycles. The van der Waals surface area contributed by atoms with Crippen LogP contribution in [0.25, 0.3) is 0 Å². The molecule has 3 rings (SSSR count). The zero-order chi connectivity index (χ0) is 26.6. The summed E-state index contributed by atoms with van der Waals surface area (Å²) in [5, 5.41) is 6.26. The highest BCUT2D eigenvalue weighted by Crippen LogP contribution is 2.28. The van der Waals surface area contributed by atoms with E-state index in [2.05, 4.69) is 10.5 Å². The van der Waals surface area contributed by atoms with Gasteiger partial charge in [-0.3, -0.25) is 9.10 Å². The van der Waals surface area contributed by atoms with Crippen molar-refractivity contribution in [2.24, 2.45) is 0 Å². The number of methoxy groups -OCH3 is 2. The maximum absolute atomic E-state index is 13.6. The average molecular weight is 516 g/mol. The van der Waals surface area contributed by atoms with Crippen molar-refractivity contribution in [1.29, 1.82) is 0 Å². The molecule has 11 nitrogen and oxygen atoms in total. The highest BCUT2D eigenvalue weighted by molar-refractivity contribution is 7.93. The van der Waals surface area contributed by atoms with Crippen LogP contribution in [0, 0.1) is 20.8 Å². The summed E-state index contributed by atoms with van der Waals surface area (Å²) in [5.41, 5.74) is 1.35. The van der Waals surface area contributed by atoms with Crippen molar-refractivity contribution in [3.05, 3.63) is 70.6 Å². The van der Waals surface area contributed by atoms with Gasteiger partial charge >= 0.3 is 11.9 Å².